The maximum atomic E-state index is 10.9. The number of allylic oxidation sites excluding steroid dienone is 4. The first kappa shape index (κ1) is 25.6. The quantitative estimate of drug-likeness (QED) is 0.381. The summed E-state index contributed by atoms with van der Waals surface area (Å²) >= 11 is 0. The van der Waals surface area contributed by atoms with Crippen LogP contribution in [0.1, 0.15) is 41.3 Å². The molecule has 7 nitrogen and oxygen atoms in total. The third-order valence-corrected chi connectivity index (χ3v) is 6.51. The highest BCUT2D eigenvalue weighted by molar-refractivity contribution is 7.51. The Balaban J connectivity index is 1.68. The van der Waals surface area contributed by atoms with Crippen LogP contribution in [0.2, 0.25) is 0 Å². The van der Waals surface area contributed by atoms with Crippen molar-refractivity contribution in [1.29, 1.82) is 0 Å². The van der Waals surface area contributed by atoms with E-state index in [9.17, 15) is 4.57 Å². The summed E-state index contributed by atoms with van der Waals surface area (Å²) < 4.78 is 16.6. The number of aryl methyl sites for hydroxylation is 3. The van der Waals surface area contributed by atoms with Crippen molar-refractivity contribution in [2.75, 3.05) is 19.3 Å². The highest BCUT2D eigenvalue weighted by Crippen LogP contribution is 2.34. The van der Waals surface area contributed by atoms with Gasteiger partial charge >= 0.3 is 7.60 Å². The van der Waals surface area contributed by atoms with Crippen LogP contribution in [0, 0.1) is 6.92 Å². The molecule has 34 heavy (non-hydrogen) atoms. The summed E-state index contributed by atoms with van der Waals surface area (Å²) in [4.78, 5) is 26.9. The van der Waals surface area contributed by atoms with Crippen molar-refractivity contribution in [1.82, 2.24) is 4.98 Å². The zero-order valence-corrected chi connectivity index (χ0v) is 20.6. The zero-order chi connectivity index (χ0) is 24.7. The molecule has 0 saturated carbocycles. The van der Waals surface area contributed by atoms with Crippen LogP contribution in [-0.4, -0.2) is 39.9 Å². The van der Waals surface area contributed by atoms with Crippen LogP contribution in [0.4, 0.5) is 0 Å². The lowest BCUT2D eigenvalue weighted by atomic mass is 9.97. The molecule has 0 bridgehead atoms. The number of hydrogen-bond acceptors (Lipinski definition) is 5. The third-order valence-electron chi connectivity index (χ3n) is 5.61. The molecule has 0 saturated heterocycles. The highest BCUT2D eigenvalue weighted by Gasteiger charge is 2.13. The van der Waals surface area contributed by atoms with Crippen molar-refractivity contribution in [3.05, 3.63) is 88.8 Å². The number of benzene rings is 1. The van der Waals surface area contributed by atoms with Gasteiger partial charge in [0.25, 0.3) is 0 Å². The Morgan fingerprint density at radius 3 is 2.71 bits per heavy atom. The number of nitrogens with zero attached hydrogens (tertiary/aromatic N) is 2. The second-order valence-corrected chi connectivity index (χ2v) is 10.2. The fourth-order valence-electron chi connectivity index (χ4n) is 3.62. The van der Waals surface area contributed by atoms with Gasteiger partial charge in [0.1, 0.15) is 17.3 Å². The van der Waals surface area contributed by atoms with Crippen LogP contribution in [0.15, 0.2) is 65.8 Å². The monoisotopic (exact) mass is 481 g/mol. The summed E-state index contributed by atoms with van der Waals surface area (Å²) in [5.41, 5.74) is 13.1. The molecule has 0 atom stereocenters. The molecule has 8 heteroatoms. The van der Waals surface area contributed by atoms with Crippen molar-refractivity contribution in [2.24, 2.45) is 10.7 Å². The molecule has 0 aliphatic carbocycles. The van der Waals surface area contributed by atoms with Gasteiger partial charge in [-0.15, -0.1) is 0 Å². The Morgan fingerprint density at radius 1 is 1.18 bits per heavy atom. The average molecular weight is 482 g/mol. The zero-order valence-electron chi connectivity index (χ0n) is 19.7. The topological polar surface area (TPSA) is 118 Å². The van der Waals surface area contributed by atoms with Gasteiger partial charge in [-0.25, -0.2) is 0 Å². The van der Waals surface area contributed by atoms with E-state index in [1.807, 2.05) is 56.5 Å². The fourth-order valence-corrected chi connectivity index (χ4v) is 4.17. The van der Waals surface area contributed by atoms with E-state index in [1.54, 1.807) is 0 Å². The van der Waals surface area contributed by atoms with Crippen molar-refractivity contribution in [3.8, 4) is 5.75 Å². The molecule has 0 unspecified atom stereocenters. The largest absolute Gasteiger partial charge is 0.494 e. The lowest BCUT2D eigenvalue weighted by Gasteiger charge is -2.13. The molecule has 1 aliphatic rings. The molecule has 2 heterocycles. The third kappa shape index (κ3) is 7.52. The minimum atomic E-state index is -3.98. The number of aliphatic imine (C=N–C) groups is 1. The first-order valence-electron chi connectivity index (χ1n) is 11.2. The maximum Gasteiger partial charge on any atom is 0.325 e. The minimum Gasteiger partial charge on any atom is -0.494 e. The predicted molar refractivity (Wildman–Crippen MR) is 137 cm³/mol. The smallest absolute Gasteiger partial charge is 0.325 e. The molecule has 180 valence electrons. The molecule has 1 aliphatic heterocycles. The second kappa shape index (κ2) is 11.4. The van der Waals surface area contributed by atoms with E-state index in [0.717, 1.165) is 40.7 Å². The number of pyridine rings is 1. The van der Waals surface area contributed by atoms with Crippen LogP contribution >= 0.6 is 7.60 Å². The Morgan fingerprint density at radius 2 is 1.97 bits per heavy atom. The van der Waals surface area contributed by atoms with Crippen LogP contribution in [0.3, 0.4) is 0 Å². The van der Waals surface area contributed by atoms with Gasteiger partial charge in [-0.2, -0.15) is 0 Å². The number of hydrogen-bond donors (Lipinski definition) is 3. The summed E-state index contributed by atoms with van der Waals surface area (Å²) in [6.45, 7) is 9.04. The molecular weight excluding hydrogens is 449 g/mol. The molecule has 2 aromatic rings. The minimum absolute atomic E-state index is 0.172. The molecule has 1 aromatic heterocycles. The summed E-state index contributed by atoms with van der Waals surface area (Å²) in [6.07, 6.45) is 9.63. The molecule has 0 fully saturated rings. The van der Waals surface area contributed by atoms with Gasteiger partial charge in [0.15, 0.2) is 0 Å². The van der Waals surface area contributed by atoms with E-state index in [4.69, 9.17) is 20.3 Å². The van der Waals surface area contributed by atoms with Crippen molar-refractivity contribution < 1.29 is 19.1 Å². The number of rotatable bonds is 8. The average Bonchev–Trinajstić information content (AvgIpc) is 2.78. The summed E-state index contributed by atoms with van der Waals surface area (Å²) in [6, 6.07) is 7.97. The molecule has 1 aromatic carbocycles. The van der Waals surface area contributed by atoms with E-state index in [1.165, 1.54) is 5.56 Å². The number of amidine groups is 1. The summed E-state index contributed by atoms with van der Waals surface area (Å²) in [5.74, 6) is 1.11. The molecule has 4 N–H and O–H groups in total. The molecule has 0 radical (unpaired) electrons. The number of ether oxygens (including phenoxy) is 1. The van der Waals surface area contributed by atoms with Crippen LogP contribution in [0.25, 0.3) is 5.57 Å². The van der Waals surface area contributed by atoms with Gasteiger partial charge in [-0.05, 0) is 73.6 Å². The normalized spacial score (nSPS) is 16.8. The maximum absolute atomic E-state index is 10.9. The number of nitrogens with two attached hydrogens (primary N) is 1. The van der Waals surface area contributed by atoms with Crippen molar-refractivity contribution >= 4 is 19.0 Å². The van der Waals surface area contributed by atoms with E-state index < -0.39 is 7.60 Å². The van der Waals surface area contributed by atoms with Crippen LogP contribution in [-0.2, 0) is 17.4 Å². The van der Waals surface area contributed by atoms with Crippen LogP contribution < -0.4 is 10.5 Å². The van der Waals surface area contributed by atoms with E-state index in [2.05, 4.69) is 22.6 Å². The van der Waals surface area contributed by atoms with E-state index >= 15 is 0 Å². The number of fused-ring (bicyclic) bond motifs is 1. The first-order chi connectivity index (χ1) is 16.1. The summed E-state index contributed by atoms with van der Waals surface area (Å²) in [7, 11) is -3.98. The Kier molecular flexibility index (Phi) is 8.61. The molecular formula is C26H32N3O4P. The van der Waals surface area contributed by atoms with Crippen molar-refractivity contribution in [3.63, 3.8) is 0 Å². The lowest BCUT2D eigenvalue weighted by Crippen LogP contribution is -2.18. The Labute approximate surface area is 201 Å². The van der Waals surface area contributed by atoms with Gasteiger partial charge in [0.05, 0.1) is 19.3 Å². The number of aromatic nitrogens is 1. The van der Waals surface area contributed by atoms with Gasteiger partial charge in [-0.3, -0.25) is 14.5 Å². The van der Waals surface area contributed by atoms with Gasteiger partial charge in [0.2, 0.25) is 0 Å². The van der Waals surface area contributed by atoms with Crippen LogP contribution in [0.5, 0.6) is 5.75 Å². The van der Waals surface area contributed by atoms with E-state index in [0.29, 0.717) is 30.2 Å². The van der Waals surface area contributed by atoms with E-state index in [-0.39, 0.29) is 12.8 Å². The second-order valence-electron chi connectivity index (χ2n) is 8.45. The SMILES string of the molecule is C=C1/C=C\C(C)=C/CN=C(N)c2ncc(CCc3ccc(OCCCP(=O)(O)O)cc3C)cc21. The summed E-state index contributed by atoms with van der Waals surface area (Å²) in [5, 5.41) is 0. The molecule has 0 amide bonds. The predicted octanol–water partition coefficient (Wildman–Crippen LogP) is 4.36. The Bertz CT molecular complexity index is 1190. The van der Waals surface area contributed by atoms with Crippen molar-refractivity contribution in [2.45, 2.75) is 33.1 Å². The fraction of sp³-hybridized carbons (Fsp3) is 0.308. The lowest BCUT2D eigenvalue weighted by molar-refractivity contribution is 0.309. The van der Waals surface area contributed by atoms with Gasteiger partial charge in [-0.1, -0.05) is 36.4 Å². The standard InChI is InChI=1S/C26H32N3O4P/c1-18-5-6-19(2)24-16-21(17-29-25(24)26(27)28-12-11-18)7-8-22-9-10-23(15-20(22)3)33-13-4-14-34(30,31)32/h5-6,9-11,15-17H,2,4,7-8,12-14H2,1,3H3,(H2,27,28)(H2,30,31,32)/b6-5-,18-11-. The molecule has 3 rings (SSSR count). The highest BCUT2D eigenvalue weighted by atomic mass is 31.2. The van der Waals surface area contributed by atoms with Gasteiger partial charge in [0, 0.05) is 11.8 Å². The molecule has 0 spiro atoms. The van der Waals surface area contributed by atoms with Gasteiger partial charge < -0.3 is 20.3 Å². The Hall–Kier alpha value is -2.99. The first-order valence-corrected chi connectivity index (χ1v) is 13.0.